The lowest BCUT2D eigenvalue weighted by Gasteiger charge is -2.20. The predicted molar refractivity (Wildman–Crippen MR) is 126 cm³/mol. The molecule has 0 saturated heterocycles. The number of carbonyl (C=O) groups excluding carboxylic acids is 2. The summed E-state index contributed by atoms with van der Waals surface area (Å²) in [5.74, 6) is -1.18. The minimum absolute atomic E-state index is 0.0531. The first-order chi connectivity index (χ1) is 16.9. The summed E-state index contributed by atoms with van der Waals surface area (Å²) in [6.45, 7) is 0. The molecule has 3 heterocycles. The summed E-state index contributed by atoms with van der Waals surface area (Å²) in [6, 6.07) is 16.0. The number of primary amides is 1. The van der Waals surface area contributed by atoms with Crippen LogP contribution in [0.5, 0.6) is 0 Å². The third kappa shape index (κ3) is 4.12. The minimum atomic E-state index is -0.762. The lowest BCUT2D eigenvalue weighted by Crippen LogP contribution is -2.32. The molecule has 0 radical (unpaired) electrons. The van der Waals surface area contributed by atoms with E-state index in [1.807, 2.05) is 30.3 Å². The number of imidazole rings is 2. The quantitative estimate of drug-likeness (QED) is 0.396. The Kier molecular flexibility index (Phi) is 5.54. The number of nitrogens with one attached hydrogen (secondary N) is 1. The van der Waals surface area contributed by atoms with Crippen molar-refractivity contribution in [3.63, 3.8) is 0 Å². The van der Waals surface area contributed by atoms with E-state index in [1.54, 1.807) is 42.2 Å². The second-order valence-corrected chi connectivity index (χ2v) is 7.90. The summed E-state index contributed by atoms with van der Waals surface area (Å²) < 4.78 is 17.2. The Bertz CT molecular complexity index is 1560. The molecule has 0 fully saturated rings. The molecule has 0 aliphatic heterocycles. The molecule has 0 saturated carbocycles. The van der Waals surface area contributed by atoms with Gasteiger partial charge in [-0.15, -0.1) is 0 Å². The fourth-order valence-corrected chi connectivity index (χ4v) is 3.92. The minimum Gasteiger partial charge on any atom is -0.364 e. The van der Waals surface area contributed by atoms with Gasteiger partial charge >= 0.3 is 0 Å². The van der Waals surface area contributed by atoms with E-state index >= 15 is 0 Å². The van der Waals surface area contributed by atoms with E-state index in [0.29, 0.717) is 17.1 Å². The molecule has 0 bridgehead atoms. The number of nitrogens with zero attached hydrogens (tertiary/aromatic N) is 5. The molecule has 0 aliphatic rings. The first-order valence-corrected chi connectivity index (χ1v) is 10.7. The fraction of sp³-hybridized carbons (Fsp3) is 0.0800. The van der Waals surface area contributed by atoms with Gasteiger partial charge in [-0.1, -0.05) is 42.5 Å². The van der Waals surface area contributed by atoms with Crippen LogP contribution in [0.4, 0.5) is 4.39 Å². The van der Waals surface area contributed by atoms with Gasteiger partial charge in [0.15, 0.2) is 11.3 Å². The molecular formula is C25H20FN7O2. The Morgan fingerprint density at radius 3 is 2.54 bits per heavy atom. The number of aromatic nitrogens is 5. The van der Waals surface area contributed by atoms with E-state index in [4.69, 9.17) is 5.73 Å². The zero-order chi connectivity index (χ0) is 24.5. The van der Waals surface area contributed by atoms with Crippen LogP contribution < -0.4 is 11.1 Å². The summed E-state index contributed by atoms with van der Waals surface area (Å²) >= 11 is 0. The molecule has 9 nitrogen and oxygen atoms in total. The highest BCUT2D eigenvalue weighted by Gasteiger charge is 2.25. The maximum atomic E-state index is 14.1. The van der Waals surface area contributed by atoms with Gasteiger partial charge in [0, 0.05) is 25.0 Å². The average molecular weight is 469 g/mol. The Balaban J connectivity index is 1.64. The number of nitrogens with two attached hydrogens (primary N) is 1. The molecular weight excluding hydrogens is 449 g/mol. The number of fused-ring (bicyclic) bond motifs is 1. The second kappa shape index (κ2) is 8.82. The Hall–Kier alpha value is -4.86. The molecule has 5 rings (SSSR count). The van der Waals surface area contributed by atoms with Gasteiger partial charge in [-0.2, -0.15) is 0 Å². The smallest absolute Gasteiger partial charge is 0.271 e. The van der Waals surface area contributed by atoms with Crippen molar-refractivity contribution in [1.29, 1.82) is 0 Å². The molecule has 35 heavy (non-hydrogen) atoms. The van der Waals surface area contributed by atoms with Crippen LogP contribution in [0.15, 0.2) is 79.4 Å². The first kappa shape index (κ1) is 22.0. The van der Waals surface area contributed by atoms with Crippen LogP contribution in [0.25, 0.3) is 16.9 Å². The van der Waals surface area contributed by atoms with Crippen LogP contribution in [-0.4, -0.2) is 35.7 Å². The largest absolute Gasteiger partial charge is 0.364 e. The molecule has 0 spiro atoms. The van der Waals surface area contributed by atoms with Crippen molar-refractivity contribution < 1.29 is 14.0 Å². The highest BCUT2D eigenvalue weighted by Crippen LogP contribution is 2.24. The van der Waals surface area contributed by atoms with Gasteiger partial charge < -0.3 is 15.6 Å². The Morgan fingerprint density at radius 2 is 1.86 bits per heavy atom. The molecule has 3 aromatic heterocycles. The number of amides is 2. The average Bonchev–Trinajstić information content (AvgIpc) is 3.48. The standard InChI is InChI=1S/C25H20FN7O2/c1-32-11-10-28-23(32)20(16-8-5-9-17(26)12-16)31-25(35)19-13-18(15-6-3-2-4-7-15)30-24-21(22(27)34)29-14-33(19)24/h2-14,20H,1H3,(H2,27,34)(H,31,35)/t20-/m0/s1. The van der Waals surface area contributed by atoms with E-state index in [2.05, 4.69) is 20.3 Å². The van der Waals surface area contributed by atoms with E-state index in [9.17, 15) is 14.0 Å². The number of aryl methyl sites for hydroxylation is 1. The zero-order valence-corrected chi connectivity index (χ0v) is 18.6. The molecule has 2 amide bonds. The maximum absolute atomic E-state index is 14.1. The third-order valence-corrected chi connectivity index (χ3v) is 5.61. The van der Waals surface area contributed by atoms with Crippen LogP contribution in [0.3, 0.4) is 0 Å². The van der Waals surface area contributed by atoms with Crippen molar-refractivity contribution in [2.24, 2.45) is 12.8 Å². The molecule has 1 atom stereocenters. The summed E-state index contributed by atoms with van der Waals surface area (Å²) in [7, 11) is 1.79. The van der Waals surface area contributed by atoms with E-state index in [1.165, 1.54) is 22.9 Å². The van der Waals surface area contributed by atoms with Gasteiger partial charge in [0.2, 0.25) is 0 Å². The number of rotatable bonds is 6. The van der Waals surface area contributed by atoms with Gasteiger partial charge in [-0.25, -0.2) is 19.3 Å². The van der Waals surface area contributed by atoms with Gasteiger partial charge in [-0.05, 0) is 23.8 Å². The van der Waals surface area contributed by atoms with Gasteiger partial charge in [-0.3, -0.25) is 14.0 Å². The fourth-order valence-electron chi connectivity index (χ4n) is 3.92. The lowest BCUT2D eigenvalue weighted by molar-refractivity contribution is 0.0933. The zero-order valence-electron chi connectivity index (χ0n) is 18.6. The highest BCUT2D eigenvalue weighted by molar-refractivity contribution is 5.99. The molecule has 10 heteroatoms. The van der Waals surface area contributed by atoms with Crippen molar-refractivity contribution in [3.05, 3.63) is 108 Å². The van der Waals surface area contributed by atoms with E-state index < -0.39 is 23.7 Å². The Morgan fingerprint density at radius 1 is 1.06 bits per heavy atom. The predicted octanol–water partition coefficient (Wildman–Crippen LogP) is 2.89. The van der Waals surface area contributed by atoms with Gasteiger partial charge in [0.1, 0.15) is 29.7 Å². The van der Waals surface area contributed by atoms with Crippen LogP contribution in [-0.2, 0) is 7.05 Å². The molecule has 174 valence electrons. The number of hydrogen-bond donors (Lipinski definition) is 2. The van der Waals surface area contributed by atoms with Crippen LogP contribution in [0, 0.1) is 5.82 Å². The van der Waals surface area contributed by atoms with Crippen LogP contribution >= 0.6 is 0 Å². The lowest BCUT2D eigenvalue weighted by atomic mass is 10.1. The van der Waals surface area contributed by atoms with Crippen molar-refractivity contribution in [2.45, 2.75) is 6.04 Å². The Labute approximate surface area is 199 Å². The highest BCUT2D eigenvalue weighted by atomic mass is 19.1. The molecule has 2 aromatic carbocycles. The topological polar surface area (TPSA) is 120 Å². The molecule has 0 unspecified atom stereocenters. The maximum Gasteiger partial charge on any atom is 0.271 e. The monoisotopic (exact) mass is 469 g/mol. The van der Waals surface area contributed by atoms with E-state index in [-0.39, 0.29) is 17.0 Å². The number of carbonyl (C=O) groups is 2. The normalized spacial score (nSPS) is 11.9. The molecule has 0 aliphatic carbocycles. The SMILES string of the molecule is Cn1ccnc1[C@@H](NC(=O)c1cc(-c2ccccc2)nc2c(C(N)=O)ncn12)c1cccc(F)c1. The van der Waals surface area contributed by atoms with E-state index in [0.717, 1.165) is 5.56 Å². The third-order valence-electron chi connectivity index (χ3n) is 5.61. The second-order valence-electron chi connectivity index (χ2n) is 7.90. The van der Waals surface area contributed by atoms with Crippen LogP contribution in [0.1, 0.15) is 38.4 Å². The molecule has 5 aromatic rings. The number of benzene rings is 2. The van der Waals surface area contributed by atoms with Crippen LogP contribution in [0.2, 0.25) is 0 Å². The van der Waals surface area contributed by atoms with Crippen molar-refractivity contribution in [2.75, 3.05) is 0 Å². The van der Waals surface area contributed by atoms with Gasteiger partial charge in [0.05, 0.1) is 5.69 Å². The number of hydrogen-bond acceptors (Lipinski definition) is 5. The summed E-state index contributed by atoms with van der Waals surface area (Å²) in [4.78, 5) is 38.6. The summed E-state index contributed by atoms with van der Waals surface area (Å²) in [6.07, 6.45) is 4.66. The molecule has 3 N–H and O–H groups in total. The number of halogens is 1. The first-order valence-electron chi connectivity index (χ1n) is 10.7. The summed E-state index contributed by atoms with van der Waals surface area (Å²) in [5, 5.41) is 2.95. The summed E-state index contributed by atoms with van der Waals surface area (Å²) in [5.41, 5.74) is 7.49. The van der Waals surface area contributed by atoms with Crippen molar-refractivity contribution >= 4 is 17.5 Å². The van der Waals surface area contributed by atoms with Crippen molar-refractivity contribution in [3.8, 4) is 11.3 Å². The van der Waals surface area contributed by atoms with Crippen molar-refractivity contribution in [1.82, 2.24) is 29.2 Å². The van der Waals surface area contributed by atoms with Gasteiger partial charge in [0.25, 0.3) is 11.8 Å².